The van der Waals surface area contributed by atoms with Gasteiger partial charge >= 0.3 is 6.03 Å². The summed E-state index contributed by atoms with van der Waals surface area (Å²) in [5, 5.41) is 5.26. The van der Waals surface area contributed by atoms with Crippen LogP contribution in [0.25, 0.3) is 0 Å². The van der Waals surface area contributed by atoms with Crippen molar-refractivity contribution in [3.8, 4) is 0 Å². The molecule has 0 spiro atoms. The zero-order chi connectivity index (χ0) is 17.2. The lowest BCUT2D eigenvalue weighted by molar-refractivity contribution is -0.134. The van der Waals surface area contributed by atoms with Crippen LogP contribution in [0.5, 0.6) is 0 Å². The Bertz CT molecular complexity index is 620. The Morgan fingerprint density at radius 3 is 2.65 bits per heavy atom. The molecule has 1 aromatic heterocycles. The van der Waals surface area contributed by atoms with Crippen molar-refractivity contribution < 1.29 is 14.4 Å². The predicted molar refractivity (Wildman–Crippen MR) is 83.2 cm³/mol. The van der Waals surface area contributed by atoms with E-state index in [2.05, 4.69) is 29.5 Å². The zero-order valence-corrected chi connectivity index (χ0v) is 13.9. The minimum atomic E-state index is -0.965. The molecule has 126 valence electrons. The summed E-state index contributed by atoms with van der Waals surface area (Å²) in [6, 6.07) is -0.542. The molecule has 0 unspecified atom stereocenters. The Kier molecular flexibility index (Phi) is 4.72. The first-order valence-corrected chi connectivity index (χ1v) is 7.60. The zero-order valence-electron chi connectivity index (χ0n) is 13.9. The van der Waals surface area contributed by atoms with Gasteiger partial charge in [0.15, 0.2) is 0 Å². The van der Waals surface area contributed by atoms with E-state index in [0.717, 1.165) is 17.1 Å². The topological polar surface area (TPSA) is 96.3 Å². The molecule has 8 heteroatoms. The highest BCUT2D eigenvalue weighted by Crippen LogP contribution is 2.15. The fourth-order valence-electron chi connectivity index (χ4n) is 2.40. The van der Waals surface area contributed by atoms with E-state index >= 15 is 0 Å². The number of carbonyl (C=O) groups is 3. The summed E-state index contributed by atoms with van der Waals surface area (Å²) < 4.78 is 1.97. The fraction of sp³-hybridized carbons (Fsp3) is 0.600. The van der Waals surface area contributed by atoms with Crippen molar-refractivity contribution in [2.45, 2.75) is 46.3 Å². The van der Waals surface area contributed by atoms with Gasteiger partial charge in [0.1, 0.15) is 12.1 Å². The third-order valence-corrected chi connectivity index (χ3v) is 3.57. The molecule has 1 aromatic rings. The Balaban J connectivity index is 1.90. The van der Waals surface area contributed by atoms with Crippen LogP contribution in [0.4, 0.5) is 4.79 Å². The maximum absolute atomic E-state index is 12.0. The van der Waals surface area contributed by atoms with Gasteiger partial charge < -0.3 is 15.2 Å². The van der Waals surface area contributed by atoms with Crippen LogP contribution in [0.2, 0.25) is 0 Å². The van der Waals surface area contributed by atoms with E-state index in [0.29, 0.717) is 12.5 Å². The van der Waals surface area contributed by atoms with Gasteiger partial charge in [0.25, 0.3) is 5.91 Å². The van der Waals surface area contributed by atoms with Crippen LogP contribution in [-0.4, -0.2) is 44.4 Å². The number of urea groups is 1. The molecule has 2 heterocycles. The first-order chi connectivity index (χ1) is 10.7. The Hall–Kier alpha value is -2.38. The Morgan fingerprint density at radius 2 is 2.09 bits per heavy atom. The van der Waals surface area contributed by atoms with E-state index in [-0.39, 0.29) is 12.5 Å². The average molecular weight is 321 g/mol. The molecule has 8 nitrogen and oxygen atoms in total. The molecule has 0 radical (unpaired) electrons. The minimum Gasteiger partial charge on any atom is -0.349 e. The third-order valence-electron chi connectivity index (χ3n) is 3.57. The summed E-state index contributed by atoms with van der Waals surface area (Å²) >= 11 is 0. The van der Waals surface area contributed by atoms with Crippen LogP contribution in [0.15, 0.2) is 12.5 Å². The molecule has 0 saturated carbocycles. The van der Waals surface area contributed by atoms with Crippen molar-refractivity contribution >= 4 is 17.8 Å². The largest absolute Gasteiger partial charge is 0.349 e. The normalized spacial score (nSPS) is 16.8. The van der Waals surface area contributed by atoms with Gasteiger partial charge in [-0.2, -0.15) is 0 Å². The summed E-state index contributed by atoms with van der Waals surface area (Å²) in [6.07, 6.45) is 3.42. The molecule has 1 fully saturated rings. The number of nitrogens with one attached hydrogen (secondary N) is 2. The number of hydrogen-bond donors (Lipinski definition) is 2. The van der Waals surface area contributed by atoms with Crippen LogP contribution in [0.3, 0.4) is 0 Å². The van der Waals surface area contributed by atoms with E-state index in [1.54, 1.807) is 26.4 Å². The van der Waals surface area contributed by atoms with E-state index < -0.39 is 17.5 Å². The molecule has 2 rings (SSSR count). The van der Waals surface area contributed by atoms with Gasteiger partial charge in [-0.1, -0.05) is 13.8 Å². The molecule has 0 aliphatic carbocycles. The van der Waals surface area contributed by atoms with E-state index in [9.17, 15) is 14.4 Å². The third kappa shape index (κ3) is 3.88. The second-order valence-electron chi connectivity index (χ2n) is 6.65. The van der Waals surface area contributed by atoms with Gasteiger partial charge in [-0.15, -0.1) is 0 Å². The standard InChI is InChI=1S/C15H23N5O3/c1-10(2)7-19-9-16-5-11(19)6-17-12(21)8-20-13(22)15(3,4)18-14(20)23/h5,9-10H,6-8H2,1-4H3,(H,17,21)(H,18,23). The van der Waals surface area contributed by atoms with E-state index in [1.807, 2.05) is 4.57 Å². The van der Waals surface area contributed by atoms with Crippen molar-refractivity contribution in [1.29, 1.82) is 0 Å². The van der Waals surface area contributed by atoms with Crippen molar-refractivity contribution in [1.82, 2.24) is 25.1 Å². The number of nitrogens with zero attached hydrogens (tertiary/aromatic N) is 3. The summed E-state index contributed by atoms with van der Waals surface area (Å²) in [6.45, 7) is 8.24. The number of amides is 4. The molecule has 0 bridgehead atoms. The summed E-state index contributed by atoms with van der Waals surface area (Å²) in [7, 11) is 0. The highest BCUT2D eigenvalue weighted by Gasteiger charge is 2.44. The van der Waals surface area contributed by atoms with Crippen molar-refractivity contribution in [3.63, 3.8) is 0 Å². The highest BCUT2D eigenvalue weighted by atomic mass is 16.2. The molecule has 23 heavy (non-hydrogen) atoms. The van der Waals surface area contributed by atoms with Gasteiger partial charge in [0.05, 0.1) is 18.6 Å². The van der Waals surface area contributed by atoms with Crippen LogP contribution in [0, 0.1) is 5.92 Å². The number of imidazole rings is 1. The van der Waals surface area contributed by atoms with Gasteiger partial charge in [0.2, 0.25) is 5.91 Å². The van der Waals surface area contributed by atoms with Crippen molar-refractivity contribution in [2.75, 3.05) is 6.54 Å². The number of rotatable bonds is 6. The molecular formula is C15H23N5O3. The van der Waals surface area contributed by atoms with Crippen LogP contribution in [0.1, 0.15) is 33.4 Å². The monoisotopic (exact) mass is 321 g/mol. The van der Waals surface area contributed by atoms with Crippen molar-refractivity contribution in [2.24, 2.45) is 5.92 Å². The lowest BCUT2D eigenvalue weighted by Gasteiger charge is -2.16. The smallest absolute Gasteiger partial charge is 0.325 e. The average Bonchev–Trinajstić information content (AvgIpc) is 2.94. The van der Waals surface area contributed by atoms with Gasteiger partial charge in [-0.25, -0.2) is 9.78 Å². The number of carbonyl (C=O) groups excluding carboxylic acids is 3. The molecule has 4 amide bonds. The number of imide groups is 1. The van der Waals surface area contributed by atoms with E-state index in [1.165, 1.54) is 0 Å². The first-order valence-electron chi connectivity index (χ1n) is 7.60. The summed E-state index contributed by atoms with van der Waals surface area (Å²) in [5.41, 5.74) is -0.0858. The predicted octanol–water partition coefficient (Wildman–Crippen LogP) is 0.486. The number of aromatic nitrogens is 2. The Morgan fingerprint density at radius 1 is 1.39 bits per heavy atom. The lowest BCUT2D eigenvalue weighted by Crippen LogP contribution is -2.43. The van der Waals surface area contributed by atoms with Crippen molar-refractivity contribution in [3.05, 3.63) is 18.2 Å². The van der Waals surface area contributed by atoms with Gasteiger partial charge in [-0.05, 0) is 19.8 Å². The first kappa shape index (κ1) is 17.0. The molecule has 1 aliphatic heterocycles. The highest BCUT2D eigenvalue weighted by molar-refractivity contribution is 6.08. The molecule has 0 aromatic carbocycles. The summed E-state index contributed by atoms with van der Waals surface area (Å²) in [5.74, 6) is -0.321. The second-order valence-corrected chi connectivity index (χ2v) is 6.65. The van der Waals surface area contributed by atoms with Crippen LogP contribution >= 0.6 is 0 Å². The SMILES string of the molecule is CC(C)Cn1cncc1CNC(=O)CN1C(=O)NC(C)(C)C1=O. The lowest BCUT2D eigenvalue weighted by atomic mass is 10.1. The van der Waals surface area contributed by atoms with Gasteiger partial charge in [-0.3, -0.25) is 14.5 Å². The molecule has 1 saturated heterocycles. The van der Waals surface area contributed by atoms with E-state index in [4.69, 9.17) is 0 Å². The van der Waals surface area contributed by atoms with Crippen LogP contribution in [-0.2, 0) is 22.7 Å². The number of hydrogen-bond acceptors (Lipinski definition) is 4. The fourth-order valence-corrected chi connectivity index (χ4v) is 2.40. The quantitative estimate of drug-likeness (QED) is 0.745. The molecule has 2 N–H and O–H groups in total. The molecule has 0 atom stereocenters. The van der Waals surface area contributed by atoms with Crippen LogP contribution < -0.4 is 10.6 Å². The minimum absolute atomic E-state index is 0.285. The summed E-state index contributed by atoms with van der Waals surface area (Å²) in [4.78, 5) is 40.8. The van der Waals surface area contributed by atoms with Gasteiger partial charge in [0, 0.05) is 12.7 Å². The maximum atomic E-state index is 12.0. The second kappa shape index (κ2) is 6.39. The molecule has 1 aliphatic rings. The Labute approximate surface area is 135 Å². The molecular weight excluding hydrogens is 298 g/mol. The maximum Gasteiger partial charge on any atom is 0.325 e.